The third kappa shape index (κ3) is 4.81. The molecule has 2 amide bonds. The average Bonchev–Trinajstić information content (AvgIpc) is 2.90. The summed E-state index contributed by atoms with van der Waals surface area (Å²) in [7, 11) is 0. The van der Waals surface area contributed by atoms with Crippen LogP contribution in [0.4, 0.5) is 11.4 Å². The van der Waals surface area contributed by atoms with Gasteiger partial charge in [0.15, 0.2) is 5.75 Å². The quantitative estimate of drug-likeness (QED) is 0.456. The zero-order valence-electron chi connectivity index (χ0n) is 16.9. The summed E-state index contributed by atoms with van der Waals surface area (Å²) < 4.78 is 11.5. The number of anilines is 2. The van der Waals surface area contributed by atoms with Gasteiger partial charge in [0.25, 0.3) is 11.8 Å². The molecule has 3 aromatic carbocycles. The number of hydrogen-bond donors (Lipinski definition) is 2. The zero-order valence-corrected chi connectivity index (χ0v) is 17.7. The van der Waals surface area contributed by atoms with Gasteiger partial charge in [-0.2, -0.15) is 0 Å². The predicted molar refractivity (Wildman–Crippen MR) is 121 cm³/mol. The van der Waals surface area contributed by atoms with Gasteiger partial charge in [-0.3, -0.25) is 9.59 Å². The molecule has 0 aromatic heterocycles. The molecule has 31 heavy (non-hydrogen) atoms. The molecule has 1 aliphatic rings. The molecule has 158 valence electrons. The minimum Gasteiger partial charge on any atom is -0.494 e. The predicted octanol–water partition coefficient (Wildman–Crippen LogP) is 6.13. The van der Waals surface area contributed by atoms with Crippen LogP contribution in [0.3, 0.4) is 0 Å². The van der Waals surface area contributed by atoms with E-state index in [9.17, 15) is 9.59 Å². The highest BCUT2D eigenvalue weighted by Crippen LogP contribution is 2.38. The van der Waals surface area contributed by atoms with E-state index in [1.807, 2.05) is 0 Å². The lowest BCUT2D eigenvalue weighted by Crippen LogP contribution is -2.14. The average molecular weight is 437 g/mol. The second-order valence-corrected chi connectivity index (χ2v) is 7.52. The largest absolute Gasteiger partial charge is 0.494 e. The van der Waals surface area contributed by atoms with Crippen LogP contribution in [-0.2, 0) is 0 Å². The molecule has 0 saturated carbocycles. The van der Waals surface area contributed by atoms with E-state index >= 15 is 0 Å². The molecule has 1 aliphatic heterocycles. The molecule has 0 radical (unpaired) electrons. The summed E-state index contributed by atoms with van der Waals surface area (Å²) in [6.07, 6.45) is 2.04. The molecule has 0 aliphatic carbocycles. The third-order valence-corrected chi connectivity index (χ3v) is 5.01. The Balaban J connectivity index is 1.48. The number of carbonyl (C=O) groups excluding carboxylic acids is 2. The monoisotopic (exact) mass is 436 g/mol. The third-order valence-electron chi connectivity index (χ3n) is 4.77. The molecule has 1 heterocycles. The van der Waals surface area contributed by atoms with Gasteiger partial charge in [0.1, 0.15) is 11.5 Å². The standard InChI is InChI=1S/C24H21ClN2O4/c1-2-3-12-30-18-8-4-15(5-9-18)23(28)26-17-7-11-21-19(14-17)24(29)27-20-13-16(25)6-10-22(20)31-21/h4-11,13-14H,2-3,12H2,1H3,(H,26,28)(H,27,29). The van der Waals surface area contributed by atoms with Crippen LogP contribution in [0.15, 0.2) is 60.7 Å². The van der Waals surface area contributed by atoms with E-state index in [-0.39, 0.29) is 11.8 Å². The van der Waals surface area contributed by atoms with E-state index in [4.69, 9.17) is 21.1 Å². The Kier molecular flexibility index (Phi) is 6.09. The number of carbonyl (C=O) groups is 2. The molecule has 0 fully saturated rings. The van der Waals surface area contributed by atoms with Gasteiger partial charge in [0, 0.05) is 16.3 Å². The maximum Gasteiger partial charge on any atom is 0.259 e. The van der Waals surface area contributed by atoms with Crippen LogP contribution in [-0.4, -0.2) is 18.4 Å². The summed E-state index contributed by atoms with van der Waals surface area (Å²) in [5, 5.41) is 6.09. The number of unbranched alkanes of at least 4 members (excludes halogenated alkanes) is 1. The number of nitrogens with one attached hydrogen (secondary N) is 2. The van der Waals surface area contributed by atoms with Gasteiger partial charge in [-0.1, -0.05) is 24.9 Å². The molecule has 0 atom stereocenters. The van der Waals surface area contributed by atoms with Crippen molar-refractivity contribution in [1.29, 1.82) is 0 Å². The number of rotatable bonds is 6. The van der Waals surface area contributed by atoms with Crippen LogP contribution >= 0.6 is 11.6 Å². The highest BCUT2D eigenvalue weighted by Gasteiger charge is 2.22. The number of hydrogen-bond acceptors (Lipinski definition) is 4. The molecule has 3 aromatic rings. The number of ether oxygens (including phenoxy) is 2. The Morgan fingerprint density at radius 1 is 1.06 bits per heavy atom. The lowest BCUT2D eigenvalue weighted by Gasteiger charge is -2.10. The summed E-state index contributed by atoms with van der Waals surface area (Å²) >= 11 is 6.01. The fourth-order valence-electron chi connectivity index (χ4n) is 3.11. The molecule has 0 saturated heterocycles. The Morgan fingerprint density at radius 3 is 2.61 bits per heavy atom. The fraction of sp³-hybridized carbons (Fsp3) is 0.167. The number of amides is 2. The Hall–Kier alpha value is -3.51. The Bertz CT molecular complexity index is 1130. The summed E-state index contributed by atoms with van der Waals surface area (Å²) in [5.74, 6) is 0.981. The van der Waals surface area contributed by atoms with Crippen LogP contribution in [0, 0.1) is 0 Å². The molecule has 6 nitrogen and oxygen atoms in total. The van der Waals surface area contributed by atoms with Crippen LogP contribution in [0.25, 0.3) is 0 Å². The number of benzene rings is 3. The normalized spacial score (nSPS) is 12.0. The van der Waals surface area contributed by atoms with Gasteiger partial charge >= 0.3 is 0 Å². The summed E-state index contributed by atoms with van der Waals surface area (Å²) in [6.45, 7) is 2.75. The van der Waals surface area contributed by atoms with E-state index < -0.39 is 0 Å². The van der Waals surface area contributed by atoms with Gasteiger partial charge in [-0.15, -0.1) is 0 Å². The Labute approximate surface area is 185 Å². The first-order chi connectivity index (χ1) is 15.0. The topological polar surface area (TPSA) is 76.7 Å². The maximum absolute atomic E-state index is 12.7. The lowest BCUT2D eigenvalue weighted by atomic mass is 10.1. The van der Waals surface area contributed by atoms with E-state index in [0.29, 0.717) is 45.6 Å². The van der Waals surface area contributed by atoms with E-state index in [0.717, 1.165) is 18.6 Å². The van der Waals surface area contributed by atoms with Gasteiger partial charge in [-0.25, -0.2) is 0 Å². The molecule has 0 bridgehead atoms. The van der Waals surface area contributed by atoms with Crippen molar-refractivity contribution in [3.8, 4) is 17.2 Å². The summed E-state index contributed by atoms with van der Waals surface area (Å²) in [5.41, 5.74) is 1.76. The van der Waals surface area contributed by atoms with Gasteiger partial charge in [0.2, 0.25) is 0 Å². The lowest BCUT2D eigenvalue weighted by molar-refractivity contribution is 0.101. The second kappa shape index (κ2) is 9.10. The molecule has 7 heteroatoms. The van der Waals surface area contributed by atoms with Gasteiger partial charge in [-0.05, 0) is 67.1 Å². The van der Waals surface area contributed by atoms with Gasteiger partial charge in [0.05, 0.1) is 17.9 Å². The molecule has 2 N–H and O–H groups in total. The zero-order chi connectivity index (χ0) is 21.8. The van der Waals surface area contributed by atoms with Crippen LogP contribution in [0.1, 0.15) is 40.5 Å². The molecular weight excluding hydrogens is 416 g/mol. The van der Waals surface area contributed by atoms with Crippen LogP contribution in [0.5, 0.6) is 17.2 Å². The highest BCUT2D eigenvalue weighted by atomic mass is 35.5. The van der Waals surface area contributed by atoms with Gasteiger partial charge < -0.3 is 20.1 Å². The highest BCUT2D eigenvalue weighted by molar-refractivity contribution is 6.31. The first-order valence-corrected chi connectivity index (χ1v) is 10.4. The van der Waals surface area contributed by atoms with Crippen molar-refractivity contribution in [1.82, 2.24) is 0 Å². The SMILES string of the molecule is CCCCOc1ccc(C(=O)Nc2ccc3c(c2)C(=O)Nc2cc(Cl)ccc2O3)cc1. The van der Waals surface area contributed by atoms with Crippen molar-refractivity contribution >= 4 is 34.8 Å². The first kappa shape index (κ1) is 20.8. The second-order valence-electron chi connectivity index (χ2n) is 7.09. The summed E-state index contributed by atoms with van der Waals surface area (Å²) in [4.78, 5) is 25.3. The van der Waals surface area contributed by atoms with E-state index in [2.05, 4.69) is 17.6 Å². The van der Waals surface area contributed by atoms with Crippen LogP contribution in [0.2, 0.25) is 5.02 Å². The van der Waals surface area contributed by atoms with E-state index in [1.165, 1.54) is 0 Å². The fourth-order valence-corrected chi connectivity index (χ4v) is 3.28. The van der Waals surface area contributed by atoms with E-state index in [1.54, 1.807) is 60.7 Å². The molecular formula is C24H21ClN2O4. The smallest absolute Gasteiger partial charge is 0.259 e. The molecule has 0 spiro atoms. The minimum absolute atomic E-state index is 0.287. The van der Waals surface area contributed by atoms with Crippen molar-refractivity contribution in [2.45, 2.75) is 19.8 Å². The number of halogens is 1. The van der Waals surface area contributed by atoms with Crippen molar-refractivity contribution in [3.63, 3.8) is 0 Å². The summed E-state index contributed by atoms with van der Waals surface area (Å²) in [6, 6.07) is 16.9. The maximum atomic E-state index is 12.7. The molecule has 0 unspecified atom stereocenters. The van der Waals surface area contributed by atoms with Crippen molar-refractivity contribution in [2.24, 2.45) is 0 Å². The Morgan fingerprint density at radius 2 is 1.84 bits per heavy atom. The first-order valence-electron chi connectivity index (χ1n) is 10.0. The van der Waals surface area contributed by atoms with Crippen molar-refractivity contribution in [3.05, 3.63) is 76.8 Å². The minimum atomic E-state index is -0.347. The number of fused-ring (bicyclic) bond motifs is 2. The van der Waals surface area contributed by atoms with Crippen LogP contribution < -0.4 is 20.1 Å². The van der Waals surface area contributed by atoms with Crippen molar-refractivity contribution in [2.75, 3.05) is 17.2 Å². The molecule has 4 rings (SSSR count). The van der Waals surface area contributed by atoms with Crippen molar-refractivity contribution < 1.29 is 19.1 Å².